The first-order chi connectivity index (χ1) is 8.52. The van der Waals surface area contributed by atoms with Crippen LogP contribution in [0.4, 0.5) is 0 Å². The van der Waals surface area contributed by atoms with Gasteiger partial charge in [0.25, 0.3) is 0 Å². The van der Waals surface area contributed by atoms with E-state index >= 15 is 0 Å². The molecule has 0 fully saturated rings. The molecule has 0 saturated heterocycles. The number of aromatic carboxylic acids is 1. The van der Waals surface area contributed by atoms with Crippen LogP contribution in [0, 0.1) is 0 Å². The normalized spacial score (nSPS) is 10.3. The molecule has 2 N–H and O–H groups in total. The summed E-state index contributed by atoms with van der Waals surface area (Å²) in [5, 5.41) is 9.02. The van der Waals surface area contributed by atoms with Crippen molar-refractivity contribution in [1.82, 2.24) is 4.98 Å². The summed E-state index contributed by atoms with van der Waals surface area (Å²) in [6.45, 7) is 0. The third-order valence-electron chi connectivity index (χ3n) is 2.47. The number of carboxylic acids is 1. The predicted octanol–water partition coefficient (Wildman–Crippen LogP) is 0.595. The van der Waals surface area contributed by atoms with Crippen LogP contribution in [0.2, 0.25) is 0 Å². The molecule has 0 aliphatic heterocycles. The first kappa shape index (κ1) is 11.8. The summed E-state index contributed by atoms with van der Waals surface area (Å²) in [5.74, 6) is -1.21. The standard InChI is InChI=1S/C12H9NO5/c1-18-11-4-6-7(2-3-9(11)14)13-8(12(16)17)5-10(6)15/h2-5H,1H3,(H,13,15)(H,16,17). The molecule has 0 amide bonds. The van der Waals surface area contributed by atoms with Gasteiger partial charge in [-0.2, -0.15) is 0 Å². The summed E-state index contributed by atoms with van der Waals surface area (Å²) in [6.07, 6.45) is 0. The topological polar surface area (TPSA) is 96.5 Å². The predicted molar refractivity (Wildman–Crippen MR) is 64.3 cm³/mol. The Morgan fingerprint density at radius 2 is 1.94 bits per heavy atom. The Hall–Kier alpha value is -2.63. The maximum absolute atomic E-state index is 11.8. The molecule has 1 aromatic carbocycles. The summed E-state index contributed by atoms with van der Waals surface area (Å²) in [6, 6.07) is 4.83. The molecule has 0 radical (unpaired) electrons. The van der Waals surface area contributed by atoms with Crippen LogP contribution in [0.25, 0.3) is 10.9 Å². The molecule has 0 spiro atoms. The number of nitrogens with one attached hydrogen (secondary N) is 1. The molecule has 2 aromatic rings. The van der Waals surface area contributed by atoms with Crippen LogP contribution in [-0.2, 0) is 0 Å². The highest BCUT2D eigenvalue weighted by Crippen LogP contribution is 2.10. The van der Waals surface area contributed by atoms with Gasteiger partial charge in [-0.25, -0.2) is 4.79 Å². The second kappa shape index (κ2) is 4.33. The maximum atomic E-state index is 11.8. The summed E-state index contributed by atoms with van der Waals surface area (Å²) < 4.78 is 4.86. The first-order valence-corrected chi connectivity index (χ1v) is 5.01. The quantitative estimate of drug-likeness (QED) is 0.809. The summed E-state index contributed by atoms with van der Waals surface area (Å²) in [5.41, 5.74) is -0.848. The number of hydrogen-bond acceptors (Lipinski definition) is 4. The number of aromatic nitrogens is 1. The van der Waals surface area contributed by atoms with Crippen molar-refractivity contribution < 1.29 is 14.6 Å². The van der Waals surface area contributed by atoms with E-state index in [2.05, 4.69) is 4.98 Å². The molecule has 0 unspecified atom stereocenters. The Balaban J connectivity index is 2.94. The molecule has 0 bridgehead atoms. The molecule has 0 aliphatic rings. The molecule has 0 atom stereocenters. The van der Waals surface area contributed by atoms with Crippen molar-refractivity contribution in [3.05, 3.63) is 50.4 Å². The summed E-state index contributed by atoms with van der Waals surface area (Å²) in [7, 11) is 1.32. The number of fused-ring (bicyclic) bond motifs is 1. The number of pyridine rings is 1. The van der Waals surface area contributed by atoms with E-state index in [1.165, 1.54) is 25.3 Å². The van der Waals surface area contributed by atoms with Gasteiger partial charge in [0, 0.05) is 11.5 Å². The van der Waals surface area contributed by atoms with E-state index in [9.17, 15) is 14.4 Å². The van der Waals surface area contributed by atoms with E-state index in [0.717, 1.165) is 6.07 Å². The van der Waals surface area contributed by atoms with Gasteiger partial charge in [0.1, 0.15) is 5.69 Å². The van der Waals surface area contributed by atoms with Gasteiger partial charge in [-0.3, -0.25) is 9.59 Å². The van der Waals surface area contributed by atoms with Crippen LogP contribution in [0.3, 0.4) is 0 Å². The molecule has 92 valence electrons. The fourth-order valence-electron chi connectivity index (χ4n) is 1.59. The van der Waals surface area contributed by atoms with Gasteiger partial charge in [-0.15, -0.1) is 0 Å². The van der Waals surface area contributed by atoms with Crippen molar-refractivity contribution >= 4 is 16.9 Å². The second-order valence-electron chi connectivity index (χ2n) is 3.59. The van der Waals surface area contributed by atoms with Crippen molar-refractivity contribution in [1.29, 1.82) is 0 Å². The van der Waals surface area contributed by atoms with Crippen LogP contribution in [0.1, 0.15) is 10.5 Å². The highest BCUT2D eigenvalue weighted by atomic mass is 16.5. The molecular formula is C12H9NO5. The van der Waals surface area contributed by atoms with Gasteiger partial charge in [0.15, 0.2) is 11.2 Å². The van der Waals surface area contributed by atoms with Crippen LogP contribution in [-0.4, -0.2) is 23.2 Å². The highest BCUT2D eigenvalue weighted by molar-refractivity contribution is 5.89. The SMILES string of the molecule is COc1cc2c(=O)cc(C(=O)O)[nH]c2ccc1=O. The first-order valence-electron chi connectivity index (χ1n) is 5.01. The van der Waals surface area contributed by atoms with Crippen molar-refractivity contribution in [2.75, 3.05) is 7.11 Å². The molecule has 6 heteroatoms. The number of methoxy groups -OCH3 is 1. The van der Waals surface area contributed by atoms with Gasteiger partial charge in [-0.05, 0) is 18.2 Å². The van der Waals surface area contributed by atoms with Gasteiger partial charge in [0.2, 0.25) is 5.43 Å². The van der Waals surface area contributed by atoms with Crippen molar-refractivity contribution in [2.24, 2.45) is 0 Å². The molecule has 0 aliphatic carbocycles. The Kier molecular flexibility index (Phi) is 2.85. The minimum absolute atomic E-state index is 0.0265. The highest BCUT2D eigenvalue weighted by Gasteiger charge is 2.08. The van der Waals surface area contributed by atoms with Crippen LogP contribution in [0.15, 0.2) is 33.9 Å². The van der Waals surface area contributed by atoms with Gasteiger partial charge in [-0.1, -0.05) is 0 Å². The number of rotatable bonds is 2. The monoisotopic (exact) mass is 247 g/mol. The van der Waals surface area contributed by atoms with Gasteiger partial charge < -0.3 is 14.8 Å². The number of carbonyl (C=O) groups is 1. The number of hydrogen-bond donors (Lipinski definition) is 2. The molecule has 0 saturated carbocycles. The molecule has 2 rings (SSSR count). The Bertz CT molecular complexity index is 747. The van der Waals surface area contributed by atoms with E-state index < -0.39 is 16.8 Å². The fourth-order valence-corrected chi connectivity index (χ4v) is 1.59. The number of carboxylic acid groups (broad SMARTS) is 1. The van der Waals surface area contributed by atoms with E-state index in [1.54, 1.807) is 0 Å². The third kappa shape index (κ3) is 1.95. The van der Waals surface area contributed by atoms with E-state index in [4.69, 9.17) is 9.84 Å². The lowest BCUT2D eigenvalue weighted by molar-refractivity contribution is 0.0691. The average Bonchev–Trinajstić information content (AvgIpc) is 2.49. The number of ether oxygens (including phenoxy) is 1. The Morgan fingerprint density at radius 3 is 2.56 bits per heavy atom. The summed E-state index contributed by atoms with van der Waals surface area (Å²) in [4.78, 5) is 36.7. The van der Waals surface area contributed by atoms with Gasteiger partial charge >= 0.3 is 5.97 Å². The third-order valence-corrected chi connectivity index (χ3v) is 2.47. The summed E-state index contributed by atoms with van der Waals surface area (Å²) >= 11 is 0. The molecule has 6 nitrogen and oxygen atoms in total. The van der Waals surface area contributed by atoms with Crippen LogP contribution in [0.5, 0.6) is 5.75 Å². The zero-order valence-corrected chi connectivity index (χ0v) is 9.39. The van der Waals surface area contributed by atoms with E-state index in [1.807, 2.05) is 0 Å². The number of H-pyrrole nitrogens is 1. The molecule has 1 aromatic heterocycles. The van der Waals surface area contributed by atoms with Crippen molar-refractivity contribution in [2.45, 2.75) is 0 Å². The van der Waals surface area contributed by atoms with Crippen molar-refractivity contribution in [3.8, 4) is 5.75 Å². The Labute approximate surface area is 100 Å². The lowest BCUT2D eigenvalue weighted by Crippen LogP contribution is -2.08. The lowest BCUT2D eigenvalue weighted by Gasteiger charge is -1.97. The van der Waals surface area contributed by atoms with Gasteiger partial charge in [0.05, 0.1) is 12.6 Å². The minimum Gasteiger partial charge on any atom is -0.493 e. The largest absolute Gasteiger partial charge is 0.493 e. The fraction of sp³-hybridized carbons (Fsp3) is 0.0833. The number of aromatic amines is 1. The smallest absolute Gasteiger partial charge is 0.352 e. The van der Waals surface area contributed by atoms with Crippen LogP contribution < -0.4 is 15.6 Å². The van der Waals surface area contributed by atoms with Crippen molar-refractivity contribution in [3.63, 3.8) is 0 Å². The second-order valence-corrected chi connectivity index (χ2v) is 3.59. The molecular weight excluding hydrogens is 238 g/mol. The van der Waals surface area contributed by atoms with Crippen LogP contribution >= 0.6 is 0 Å². The molecule has 1 heterocycles. The average molecular weight is 247 g/mol. The van der Waals surface area contributed by atoms with E-state index in [-0.39, 0.29) is 22.3 Å². The molecule has 18 heavy (non-hydrogen) atoms. The zero-order valence-electron chi connectivity index (χ0n) is 9.39. The minimum atomic E-state index is -1.24. The lowest BCUT2D eigenvalue weighted by atomic mass is 10.2. The Morgan fingerprint density at radius 1 is 1.22 bits per heavy atom. The maximum Gasteiger partial charge on any atom is 0.352 e. The zero-order chi connectivity index (χ0) is 13.3. The van der Waals surface area contributed by atoms with E-state index in [0.29, 0.717) is 0 Å².